The minimum Gasteiger partial charge on any atom is -0.373 e. The minimum absolute atomic E-state index is 0.199. The zero-order chi connectivity index (χ0) is 13.8. The summed E-state index contributed by atoms with van der Waals surface area (Å²) in [6.07, 6.45) is 5.39. The lowest BCUT2D eigenvalue weighted by Gasteiger charge is -2.17. The molecule has 1 saturated heterocycles. The predicted molar refractivity (Wildman–Crippen MR) is 80.7 cm³/mol. The van der Waals surface area contributed by atoms with E-state index in [0.29, 0.717) is 5.92 Å². The van der Waals surface area contributed by atoms with Gasteiger partial charge in [0.15, 0.2) is 0 Å². The van der Waals surface area contributed by atoms with Gasteiger partial charge in [0, 0.05) is 43.9 Å². The van der Waals surface area contributed by atoms with Gasteiger partial charge in [0.05, 0.1) is 12.3 Å². The predicted octanol–water partition coefficient (Wildman–Crippen LogP) is 2.83. The lowest BCUT2D eigenvalue weighted by Crippen LogP contribution is -2.24. The maximum absolute atomic E-state index is 5.91. The lowest BCUT2D eigenvalue weighted by atomic mass is 9.97. The molecule has 2 aromatic rings. The Morgan fingerprint density at radius 1 is 1.55 bits per heavy atom. The highest BCUT2D eigenvalue weighted by atomic mass is 32.1. The van der Waals surface area contributed by atoms with Crippen LogP contribution in [0, 0.1) is 5.92 Å². The summed E-state index contributed by atoms with van der Waals surface area (Å²) < 4.78 is 7.87. The van der Waals surface area contributed by atoms with Crippen LogP contribution in [0.4, 0.5) is 0 Å². The van der Waals surface area contributed by atoms with Gasteiger partial charge in [-0.1, -0.05) is 0 Å². The second-order valence-corrected chi connectivity index (χ2v) is 6.01. The molecule has 108 valence electrons. The largest absolute Gasteiger partial charge is 0.373 e. The van der Waals surface area contributed by atoms with Crippen molar-refractivity contribution in [1.29, 1.82) is 0 Å². The Labute approximate surface area is 123 Å². The molecule has 0 aliphatic carbocycles. The van der Waals surface area contributed by atoms with E-state index in [0.717, 1.165) is 32.7 Å². The van der Waals surface area contributed by atoms with Gasteiger partial charge in [-0.3, -0.25) is 4.68 Å². The molecule has 0 radical (unpaired) electrons. The summed E-state index contributed by atoms with van der Waals surface area (Å²) in [7, 11) is 0. The summed E-state index contributed by atoms with van der Waals surface area (Å²) in [5, 5.41) is 12.2. The average molecular weight is 291 g/mol. The number of nitrogens with one attached hydrogen (secondary N) is 1. The molecule has 1 aliphatic heterocycles. The van der Waals surface area contributed by atoms with E-state index in [1.165, 1.54) is 11.1 Å². The fraction of sp³-hybridized carbons (Fsp3) is 0.533. The monoisotopic (exact) mass is 291 g/mol. The summed E-state index contributed by atoms with van der Waals surface area (Å²) in [6.45, 7) is 5.81. The second kappa shape index (κ2) is 6.52. The zero-order valence-corrected chi connectivity index (χ0v) is 12.6. The Morgan fingerprint density at radius 3 is 3.25 bits per heavy atom. The van der Waals surface area contributed by atoms with Crippen molar-refractivity contribution < 1.29 is 4.74 Å². The molecule has 3 heterocycles. The van der Waals surface area contributed by atoms with Crippen LogP contribution in [-0.2, 0) is 17.8 Å². The van der Waals surface area contributed by atoms with Crippen LogP contribution in [0.15, 0.2) is 29.2 Å². The molecule has 2 atom stereocenters. The fourth-order valence-electron chi connectivity index (χ4n) is 2.71. The van der Waals surface area contributed by atoms with E-state index >= 15 is 0 Å². The maximum atomic E-state index is 5.91. The fourth-order valence-corrected chi connectivity index (χ4v) is 3.37. The number of ether oxygens (including phenoxy) is 1. The van der Waals surface area contributed by atoms with Crippen molar-refractivity contribution in [3.05, 3.63) is 40.3 Å². The van der Waals surface area contributed by atoms with Crippen molar-refractivity contribution in [1.82, 2.24) is 15.1 Å². The molecule has 0 unspecified atom stereocenters. The molecule has 0 saturated carbocycles. The van der Waals surface area contributed by atoms with Crippen LogP contribution in [0.5, 0.6) is 0 Å². The van der Waals surface area contributed by atoms with E-state index in [-0.39, 0.29) is 6.10 Å². The summed E-state index contributed by atoms with van der Waals surface area (Å²) >= 11 is 1.75. The van der Waals surface area contributed by atoms with Gasteiger partial charge in [-0.15, -0.1) is 0 Å². The molecule has 1 fully saturated rings. The summed E-state index contributed by atoms with van der Waals surface area (Å²) in [4.78, 5) is 0. The van der Waals surface area contributed by atoms with Gasteiger partial charge >= 0.3 is 0 Å². The number of nitrogens with zero attached hydrogens (tertiary/aromatic N) is 2. The Bertz CT molecular complexity index is 523. The van der Waals surface area contributed by atoms with Gasteiger partial charge in [0.25, 0.3) is 0 Å². The van der Waals surface area contributed by atoms with Gasteiger partial charge in [-0.05, 0) is 35.7 Å². The smallest absolute Gasteiger partial charge is 0.0896 e. The number of aryl methyl sites for hydroxylation is 1. The number of thiophene rings is 1. The van der Waals surface area contributed by atoms with Crippen LogP contribution in [0.25, 0.3) is 0 Å². The normalized spacial score (nSPS) is 22.4. The first kappa shape index (κ1) is 13.8. The van der Waals surface area contributed by atoms with Gasteiger partial charge in [0.1, 0.15) is 0 Å². The molecular formula is C15H21N3OS. The molecule has 4 nitrogen and oxygen atoms in total. The Hall–Kier alpha value is -1.17. The van der Waals surface area contributed by atoms with Gasteiger partial charge < -0.3 is 10.1 Å². The summed E-state index contributed by atoms with van der Waals surface area (Å²) in [5.41, 5.74) is 2.58. The van der Waals surface area contributed by atoms with E-state index in [1.54, 1.807) is 11.3 Å². The number of hydrogen-bond donors (Lipinski definition) is 1. The third-order valence-corrected chi connectivity index (χ3v) is 4.57. The summed E-state index contributed by atoms with van der Waals surface area (Å²) in [5.74, 6) is 0.545. The van der Waals surface area contributed by atoms with Crippen molar-refractivity contribution in [2.75, 3.05) is 13.2 Å². The first-order chi connectivity index (χ1) is 9.86. The van der Waals surface area contributed by atoms with Crippen LogP contribution in [0.1, 0.15) is 30.6 Å². The Morgan fingerprint density at radius 2 is 2.50 bits per heavy atom. The molecule has 3 rings (SSSR count). The van der Waals surface area contributed by atoms with Crippen molar-refractivity contribution in [2.24, 2.45) is 5.92 Å². The third-order valence-electron chi connectivity index (χ3n) is 3.84. The third kappa shape index (κ3) is 3.11. The van der Waals surface area contributed by atoms with Gasteiger partial charge in [-0.25, -0.2) is 0 Å². The maximum Gasteiger partial charge on any atom is 0.0896 e. The Kier molecular flexibility index (Phi) is 4.50. The molecule has 0 aromatic carbocycles. The van der Waals surface area contributed by atoms with E-state index in [1.807, 2.05) is 10.9 Å². The highest BCUT2D eigenvalue weighted by molar-refractivity contribution is 7.07. The standard InChI is InChI=1S/C15H21N3OS/c1-2-18-10-14(9-17-18)15-13(3-5-19-15)8-16-7-12-4-6-20-11-12/h4,6,9-11,13,15-16H,2-3,5,7-8H2,1H3/t13-,15-/m0/s1. The minimum atomic E-state index is 0.199. The highest BCUT2D eigenvalue weighted by Crippen LogP contribution is 2.33. The molecule has 20 heavy (non-hydrogen) atoms. The van der Waals surface area contributed by atoms with Gasteiger partial charge in [0.2, 0.25) is 0 Å². The lowest BCUT2D eigenvalue weighted by molar-refractivity contribution is 0.0904. The zero-order valence-electron chi connectivity index (χ0n) is 11.8. The molecule has 2 aromatic heterocycles. The highest BCUT2D eigenvalue weighted by Gasteiger charge is 2.30. The SMILES string of the molecule is CCn1cc([C@H]2OCC[C@H]2CNCc2ccsc2)cn1. The molecule has 0 bridgehead atoms. The topological polar surface area (TPSA) is 39.1 Å². The van der Waals surface area contributed by atoms with Crippen LogP contribution >= 0.6 is 11.3 Å². The first-order valence-electron chi connectivity index (χ1n) is 7.22. The van der Waals surface area contributed by atoms with Crippen molar-refractivity contribution in [3.8, 4) is 0 Å². The van der Waals surface area contributed by atoms with Gasteiger partial charge in [-0.2, -0.15) is 16.4 Å². The molecular weight excluding hydrogens is 270 g/mol. The molecule has 5 heteroatoms. The summed E-state index contributed by atoms with van der Waals surface area (Å²) in [6, 6.07) is 2.17. The number of hydrogen-bond acceptors (Lipinski definition) is 4. The van der Waals surface area contributed by atoms with Crippen LogP contribution in [0.2, 0.25) is 0 Å². The molecule has 1 N–H and O–H groups in total. The van der Waals surface area contributed by atoms with E-state index < -0.39 is 0 Å². The molecule has 0 spiro atoms. The second-order valence-electron chi connectivity index (χ2n) is 5.23. The van der Waals surface area contributed by atoms with Crippen molar-refractivity contribution in [3.63, 3.8) is 0 Å². The van der Waals surface area contributed by atoms with E-state index in [4.69, 9.17) is 4.74 Å². The number of rotatable bonds is 6. The molecule has 1 aliphatic rings. The molecule has 0 amide bonds. The van der Waals surface area contributed by atoms with Crippen LogP contribution in [-0.4, -0.2) is 22.9 Å². The first-order valence-corrected chi connectivity index (χ1v) is 8.17. The van der Waals surface area contributed by atoms with Crippen molar-refractivity contribution >= 4 is 11.3 Å². The number of aromatic nitrogens is 2. The van der Waals surface area contributed by atoms with E-state index in [2.05, 4.69) is 40.4 Å². The average Bonchev–Trinajstić information content (AvgIpc) is 3.20. The van der Waals surface area contributed by atoms with Crippen LogP contribution < -0.4 is 5.32 Å². The van der Waals surface area contributed by atoms with Crippen molar-refractivity contribution in [2.45, 2.75) is 32.5 Å². The quantitative estimate of drug-likeness (QED) is 0.889. The van der Waals surface area contributed by atoms with Crippen LogP contribution in [0.3, 0.4) is 0 Å². The van der Waals surface area contributed by atoms with E-state index in [9.17, 15) is 0 Å². The Balaban J connectivity index is 1.55.